The molecule has 0 bridgehead atoms. The first-order chi connectivity index (χ1) is 8.44. The molecule has 1 saturated heterocycles. The number of nitrogens with zero attached hydrogens (tertiary/aromatic N) is 1. The molecule has 106 valence electrons. The van der Waals surface area contributed by atoms with E-state index in [0.717, 1.165) is 19.3 Å². The van der Waals surface area contributed by atoms with E-state index in [9.17, 15) is 13.2 Å². The van der Waals surface area contributed by atoms with Crippen LogP contribution in [0.15, 0.2) is 0 Å². The number of hydrogen-bond acceptors (Lipinski definition) is 5. The molecule has 1 unspecified atom stereocenters. The highest BCUT2D eigenvalue weighted by Gasteiger charge is 2.24. The summed E-state index contributed by atoms with van der Waals surface area (Å²) in [6.07, 6.45) is 3.21. The second-order valence-corrected chi connectivity index (χ2v) is 6.88. The molecule has 1 atom stereocenters. The summed E-state index contributed by atoms with van der Waals surface area (Å²) in [5.41, 5.74) is 5.56. The highest BCUT2D eigenvalue weighted by molar-refractivity contribution is 7.92. The van der Waals surface area contributed by atoms with Gasteiger partial charge in [0, 0.05) is 25.7 Å². The van der Waals surface area contributed by atoms with E-state index >= 15 is 0 Å². The molecule has 1 aliphatic rings. The molecule has 0 aromatic heterocycles. The molecule has 1 amide bonds. The first-order valence-electron chi connectivity index (χ1n) is 6.29. The molecule has 0 aliphatic carbocycles. The monoisotopic (exact) mass is 278 g/mol. The van der Waals surface area contributed by atoms with Gasteiger partial charge in [-0.3, -0.25) is 4.79 Å². The molecule has 18 heavy (non-hydrogen) atoms. The number of hydrogen-bond donors (Lipinski definition) is 2. The van der Waals surface area contributed by atoms with E-state index in [0.29, 0.717) is 13.1 Å². The minimum atomic E-state index is -3.48. The van der Waals surface area contributed by atoms with E-state index in [-0.39, 0.29) is 24.7 Å². The zero-order valence-electron chi connectivity index (χ0n) is 10.5. The Morgan fingerprint density at radius 3 is 2.44 bits per heavy atom. The van der Waals surface area contributed by atoms with Gasteiger partial charge in [-0.15, -0.1) is 0 Å². The Bertz CT molecular complexity index is 363. The smallest absolute Gasteiger partial charge is 0.237 e. The van der Waals surface area contributed by atoms with Gasteiger partial charge in [0.1, 0.15) is 5.75 Å². The number of piperidine rings is 1. The predicted octanol–water partition coefficient (Wildman–Crippen LogP) is -0.877. The number of nitrogens with two attached hydrogens (primary N) is 1. The Morgan fingerprint density at radius 2 is 1.89 bits per heavy atom. The SMILES string of the molecule is NC(CCO)CS(=O)(=O)CC(=O)N1CCCCC1. The molecule has 1 aliphatic heterocycles. The number of likely N-dealkylation sites (tertiary alicyclic amines) is 1. The van der Waals surface area contributed by atoms with Crippen LogP contribution in [0.25, 0.3) is 0 Å². The van der Waals surface area contributed by atoms with Gasteiger partial charge in [0.25, 0.3) is 0 Å². The normalized spacial score (nSPS) is 18.7. The Kier molecular flexibility index (Phi) is 6.04. The van der Waals surface area contributed by atoms with Crippen LogP contribution >= 0.6 is 0 Å². The Hall–Kier alpha value is -0.660. The van der Waals surface area contributed by atoms with Crippen LogP contribution in [-0.2, 0) is 14.6 Å². The van der Waals surface area contributed by atoms with E-state index < -0.39 is 21.6 Å². The molecule has 7 heteroatoms. The van der Waals surface area contributed by atoms with Crippen molar-refractivity contribution in [1.29, 1.82) is 0 Å². The third kappa shape index (κ3) is 5.32. The molecule has 0 aromatic rings. The van der Waals surface area contributed by atoms with Crippen LogP contribution in [0.2, 0.25) is 0 Å². The van der Waals surface area contributed by atoms with Crippen LogP contribution in [-0.4, -0.2) is 61.6 Å². The Balaban J connectivity index is 2.46. The van der Waals surface area contributed by atoms with Crippen molar-refractivity contribution in [3.05, 3.63) is 0 Å². The molecule has 6 nitrogen and oxygen atoms in total. The molecule has 0 saturated carbocycles. The zero-order valence-corrected chi connectivity index (χ0v) is 11.4. The fourth-order valence-electron chi connectivity index (χ4n) is 2.06. The maximum atomic E-state index is 11.8. The lowest BCUT2D eigenvalue weighted by Crippen LogP contribution is -2.41. The van der Waals surface area contributed by atoms with Crippen molar-refractivity contribution in [2.45, 2.75) is 31.7 Å². The van der Waals surface area contributed by atoms with Gasteiger partial charge in [-0.2, -0.15) is 0 Å². The summed E-state index contributed by atoms with van der Waals surface area (Å²) in [6, 6.07) is -0.603. The zero-order chi connectivity index (χ0) is 13.6. The van der Waals surface area contributed by atoms with Crippen molar-refractivity contribution in [2.24, 2.45) is 5.73 Å². The van der Waals surface area contributed by atoms with E-state index in [2.05, 4.69) is 0 Å². The lowest BCUT2D eigenvalue weighted by molar-refractivity contribution is -0.129. The van der Waals surface area contributed by atoms with Crippen LogP contribution in [0, 0.1) is 0 Å². The first-order valence-corrected chi connectivity index (χ1v) is 8.11. The second kappa shape index (κ2) is 7.06. The number of aliphatic hydroxyl groups is 1. The van der Waals surface area contributed by atoms with Gasteiger partial charge >= 0.3 is 0 Å². The number of carbonyl (C=O) groups excluding carboxylic acids is 1. The average molecular weight is 278 g/mol. The molecular weight excluding hydrogens is 256 g/mol. The standard InChI is InChI=1S/C11H22N2O4S/c12-10(4-7-14)8-18(16,17)9-11(15)13-5-2-1-3-6-13/h10,14H,1-9,12H2. The van der Waals surface area contributed by atoms with Crippen LogP contribution in [0.5, 0.6) is 0 Å². The average Bonchev–Trinajstić information content (AvgIpc) is 2.29. The summed E-state index contributed by atoms with van der Waals surface area (Å²) in [5.74, 6) is -1.04. The topological polar surface area (TPSA) is 101 Å². The molecule has 0 spiro atoms. The Labute approximate surface area is 108 Å². The fraction of sp³-hybridized carbons (Fsp3) is 0.909. The van der Waals surface area contributed by atoms with Gasteiger partial charge in [-0.05, 0) is 25.7 Å². The summed E-state index contributed by atoms with van der Waals surface area (Å²) in [7, 11) is -3.48. The lowest BCUT2D eigenvalue weighted by atomic mass is 10.1. The maximum Gasteiger partial charge on any atom is 0.237 e. The molecule has 0 radical (unpaired) electrons. The van der Waals surface area contributed by atoms with Gasteiger partial charge in [-0.25, -0.2) is 8.42 Å². The fourth-order valence-corrected chi connectivity index (χ4v) is 3.55. The van der Waals surface area contributed by atoms with Crippen molar-refractivity contribution in [2.75, 3.05) is 31.2 Å². The van der Waals surface area contributed by atoms with Crippen molar-refractivity contribution >= 4 is 15.7 Å². The van der Waals surface area contributed by atoms with Gasteiger partial charge in [0.15, 0.2) is 9.84 Å². The van der Waals surface area contributed by atoms with Crippen LogP contribution in [0.4, 0.5) is 0 Å². The summed E-state index contributed by atoms with van der Waals surface area (Å²) in [5, 5.41) is 8.67. The number of sulfone groups is 1. The number of rotatable bonds is 6. The molecule has 1 fully saturated rings. The molecule has 0 aromatic carbocycles. The third-order valence-corrected chi connectivity index (χ3v) is 4.64. The quantitative estimate of drug-likeness (QED) is 0.657. The van der Waals surface area contributed by atoms with E-state index in [1.54, 1.807) is 4.90 Å². The summed E-state index contributed by atoms with van der Waals surface area (Å²) < 4.78 is 23.5. The number of amides is 1. The van der Waals surface area contributed by atoms with Crippen LogP contribution in [0.1, 0.15) is 25.7 Å². The van der Waals surface area contributed by atoms with E-state index in [1.807, 2.05) is 0 Å². The summed E-state index contributed by atoms with van der Waals surface area (Å²) in [4.78, 5) is 13.4. The molecule has 1 rings (SSSR count). The minimum absolute atomic E-state index is 0.142. The van der Waals surface area contributed by atoms with Crippen LogP contribution in [0.3, 0.4) is 0 Å². The summed E-state index contributed by atoms with van der Waals surface area (Å²) in [6.45, 7) is 1.16. The molecule has 1 heterocycles. The van der Waals surface area contributed by atoms with Gasteiger partial charge in [0.05, 0.1) is 5.75 Å². The highest BCUT2D eigenvalue weighted by atomic mass is 32.2. The van der Waals surface area contributed by atoms with Crippen molar-refractivity contribution in [1.82, 2.24) is 4.90 Å². The predicted molar refractivity (Wildman–Crippen MR) is 68.8 cm³/mol. The number of carbonyl (C=O) groups is 1. The molecular formula is C11H22N2O4S. The van der Waals surface area contributed by atoms with Gasteiger partial charge in [-0.1, -0.05) is 0 Å². The van der Waals surface area contributed by atoms with Crippen LogP contribution < -0.4 is 5.73 Å². The van der Waals surface area contributed by atoms with Crippen molar-refractivity contribution in [3.8, 4) is 0 Å². The first kappa shape index (κ1) is 15.4. The number of aliphatic hydroxyl groups excluding tert-OH is 1. The lowest BCUT2D eigenvalue weighted by Gasteiger charge is -2.26. The minimum Gasteiger partial charge on any atom is -0.396 e. The van der Waals surface area contributed by atoms with E-state index in [4.69, 9.17) is 10.8 Å². The third-order valence-electron chi connectivity index (χ3n) is 3.02. The Morgan fingerprint density at radius 1 is 1.28 bits per heavy atom. The second-order valence-electron chi connectivity index (χ2n) is 4.77. The van der Waals surface area contributed by atoms with Crippen molar-refractivity contribution in [3.63, 3.8) is 0 Å². The van der Waals surface area contributed by atoms with Gasteiger partial charge in [0.2, 0.25) is 5.91 Å². The molecule has 3 N–H and O–H groups in total. The van der Waals surface area contributed by atoms with Gasteiger partial charge < -0.3 is 15.7 Å². The largest absolute Gasteiger partial charge is 0.396 e. The summed E-state index contributed by atoms with van der Waals surface area (Å²) >= 11 is 0. The van der Waals surface area contributed by atoms with Crippen molar-refractivity contribution < 1.29 is 18.3 Å². The highest BCUT2D eigenvalue weighted by Crippen LogP contribution is 2.10. The van der Waals surface area contributed by atoms with E-state index in [1.165, 1.54) is 0 Å². The maximum absolute atomic E-state index is 11.8.